The number of primary amides is 1. The standard InChI is InChI=1S/C25H27F3N4O7S/c1-38-6-5-32-12-15(11-31-32)14-3-4-18(17(7-14)25(26,27)28)40(36,37)16-8-20(39-2)24(9-16,22(34)35)19-10-23(19,13-29)21(30)33/h3-4,7,11-12,16,19-20H,5-6,8-10H2,1-2H3,(H2,30,33)(H,34,35)/t16-,19?,20+,23?,24+/m1/s1. The van der Waals surface area contributed by atoms with E-state index in [0.717, 1.165) is 13.2 Å². The summed E-state index contributed by atoms with van der Waals surface area (Å²) in [5, 5.41) is 22.3. The maximum atomic E-state index is 14.2. The van der Waals surface area contributed by atoms with Gasteiger partial charge in [0.1, 0.15) is 10.8 Å². The number of rotatable bonds is 10. The number of nitrogens with zero attached hydrogens (tertiary/aromatic N) is 3. The first-order valence-electron chi connectivity index (χ1n) is 12.1. The van der Waals surface area contributed by atoms with E-state index in [9.17, 15) is 41.5 Å². The minimum Gasteiger partial charge on any atom is -0.481 e. The van der Waals surface area contributed by atoms with Gasteiger partial charge >= 0.3 is 12.1 Å². The van der Waals surface area contributed by atoms with Gasteiger partial charge in [0, 0.05) is 31.9 Å². The molecule has 0 aliphatic heterocycles. The lowest BCUT2D eigenvalue weighted by atomic mass is 9.75. The highest BCUT2D eigenvalue weighted by atomic mass is 32.2. The molecule has 2 aromatic rings. The maximum Gasteiger partial charge on any atom is 0.417 e. The molecule has 1 amide bonds. The monoisotopic (exact) mass is 584 g/mol. The Labute approximate surface area is 227 Å². The zero-order valence-corrected chi connectivity index (χ0v) is 22.3. The number of alkyl halides is 3. The molecule has 1 aromatic heterocycles. The minimum absolute atomic E-state index is 0.0780. The second kappa shape index (κ2) is 10.2. The first kappa shape index (κ1) is 29.5. The third kappa shape index (κ3) is 4.63. The Morgan fingerprint density at radius 2 is 1.98 bits per heavy atom. The van der Waals surface area contributed by atoms with E-state index in [-0.39, 0.29) is 12.0 Å². The zero-order valence-electron chi connectivity index (χ0n) is 21.5. The molecule has 15 heteroatoms. The van der Waals surface area contributed by atoms with Gasteiger partial charge in [0.15, 0.2) is 9.84 Å². The van der Waals surface area contributed by atoms with Crippen molar-refractivity contribution >= 4 is 21.7 Å². The van der Waals surface area contributed by atoms with Crippen molar-refractivity contribution in [1.82, 2.24) is 9.78 Å². The summed E-state index contributed by atoms with van der Waals surface area (Å²) in [5.74, 6) is -3.73. The zero-order chi connectivity index (χ0) is 29.7. The van der Waals surface area contributed by atoms with Crippen molar-refractivity contribution < 1.29 is 45.8 Å². The molecule has 216 valence electrons. The lowest BCUT2D eigenvalue weighted by Crippen LogP contribution is -2.44. The van der Waals surface area contributed by atoms with E-state index in [0.29, 0.717) is 24.8 Å². The molecule has 5 atom stereocenters. The number of halogens is 3. The van der Waals surface area contributed by atoms with Crippen LogP contribution >= 0.6 is 0 Å². The number of hydrogen-bond acceptors (Lipinski definition) is 8. The van der Waals surface area contributed by atoms with Crippen LogP contribution in [0.3, 0.4) is 0 Å². The number of carboxylic acids is 1. The smallest absolute Gasteiger partial charge is 0.417 e. The molecule has 40 heavy (non-hydrogen) atoms. The van der Waals surface area contributed by atoms with Gasteiger partial charge in [-0.2, -0.15) is 23.5 Å². The van der Waals surface area contributed by atoms with Crippen LogP contribution in [0.25, 0.3) is 11.1 Å². The van der Waals surface area contributed by atoms with E-state index in [1.807, 2.05) is 0 Å². The molecule has 2 unspecified atom stereocenters. The largest absolute Gasteiger partial charge is 0.481 e. The summed E-state index contributed by atoms with van der Waals surface area (Å²) in [6.45, 7) is 0.677. The molecule has 11 nitrogen and oxygen atoms in total. The number of amides is 1. The van der Waals surface area contributed by atoms with Crippen LogP contribution in [0.1, 0.15) is 24.8 Å². The van der Waals surface area contributed by atoms with Gasteiger partial charge in [0.05, 0.1) is 47.2 Å². The molecule has 0 radical (unpaired) electrons. The number of hydrogen-bond donors (Lipinski definition) is 2. The number of aliphatic carboxylic acids is 1. The van der Waals surface area contributed by atoms with Crippen LogP contribution in [0.4, 0.5) is 13.2 Å². The SMILES string of the molecule is COCCn1cc(-c2ccc(S(=O)(=O)[C@@H]3C[C@H](OC)[C@@](C(=O)O)(C4CC4(C#N)C(N)=O)C3)c(C(F)(F)F)c2)cn1. The summed E-state index contributed by atoms with van der Waals surface area (Å²) in [7, 11) is -2.15. The summed E-state index contributed by atoms with van der Waals surface area (Å²) in [6, 6.07) is 4.54. The summed E-state index contributed by atoms with van der Waals surface area (Å²) in [5.41, 5.74) is 0.499. The highest BCUT2D eigenvalue weighted by Gasteiger charge is 2.75. The van der Waals surface area contributed by atoms with Gasteiger partial charge in [-0.25, -0.2) is 8.42 Å². The van der Waals surface area contributed by atoms with Crippen molar-refractivity contribution in [2.75, 3.05) is 20.8 Å². The topological polar surface area (TPSA) is 175 Å². The lowest BCUT2D eigenvalue weighted by Gasteiger charge is -2.31. The number of nitrogens with two attached hydrogens (primary N) is 1. The highest BCUT2D eigenvalue weighted by Crippen LogP contribution is 2.66. The van der Waals surface area contributed by atoms with Gasteiger partial charge in [-0.05, 0) is 37.0 Å². The number of aromatic nitrogens is 2. The van der Waals surface area contributed by atoms with Crippen LogP contribution in [-0.4, -0.2) is 67.4 Å². The van der Waals surface area contributed by atoms with Crippen molar-refractivity contribution in [3.63, 3.8) is 0 Å². The van der Waals surface area contributed by atoms with Crippen LogP contribution in [0.15, 0.2) is 35.5 Å². The summed E-state index contributed by atoms with van der Waals surface area (Å²) in [4.78, 5) is 23.6. The number of benzene rings is 1. The second-order valence-electron chi connectivity index (χ2n) is 10.1. The Kier molecular flexibility index (Phi) is 7.50. The molecule has 3 N–H and O–H groups in total. The van der Waals surface area contributed by atoms with E-state index >= 15 is 0 Å². The Morgan fingerprint density at radius 3 is 2.50 bits per heavy atom. The summed E-state index contributed by atoms with van der Waals surface area (Å²) < 4.78 is 81.9. The molecular formula is C25H27F3N4O7S. The van der Waals surface area contributed by atoms with Crippen molar-refractivity contribution in [2.24, 2.45) is 22.5 Å². The predicted molar refractivity (Wildman–Crippen MR) is 131 cm³/mol. The van der Waals surface area contributed by atoms with E-state index in [4.69, 9.17) is 15.2 Å². The predicted octanol–water partition coefficient (Wildman–Crippen LogP) is 2.25. The van der Waals surface area contributed by atoms with Gasteiger partial charge in [-0.1, -0.05) is 6.07 Å². The van der Waals surface area contributed by atoms with Crippen molar-refractivity contribution in [3.8, 4) is 17.2 Å². The number of carbonyl (C=O) groups is 2. The Bertz CT molecular complexity index is 1490. The van der Waals surface area contributed by atoms with Crippen LogP contribution in [-0.2, 0) is 41.6 Å². The quantitative estimate of drug-likeness (QED) is 0.424. The van der Waals surface area contributed by atoms with Gasteiger partial charge in [-0.3, -0.25) is 14.3 Å². The van der Waals surface area contributed by atoms with Gasteiger partial charge in [0.25, 0.3) is 0 Å². The van der Waals surface area contributed by atoms with Crippen molar-refractivity contribution in [1.29, 1.82) is 5.26 Å². The second-order valence-corrected chi connectivity index (χ2v) is 12.3. The van der Waals surface area contributed by atoms with E-state index in [2.05, 4.69) is 5.10 Å². The normalized spacial score (nSPS) is 28.2. The van der Waals surface area contributed by atoms with E-state index in [1.54, 1.807) is 6.07 Å². The molecular weight excluding hydrogens is 557 g/mol. The number of nitriles is 1. The Hall–Kier alpha value is -3.48. The molecule has 0 bridgehead atoms. The van der Waals surface area contributed by atoms with Crippen molar-refractivity contribution in [2.45, 2.75) is 48.2 Å². The Morgan fingerprint density at radius 1 is 1.27 bits per heavy atom. The molecule has 0 saturated heterocycles. The van der Waals surface area contributed by atoms with Gasteiger partial charge in [0.2, 0.25) is 5.91 Å². The molecule has 2 aliphatic rings. The van der Waals surface area contributed by atoms with Gasteiger partial charge < -0.3 is 20.3 Å². The van der Waals surface area contributed by atoms with Crippen LogP contribution in [0, 0.1) is 28.1 Å². The number of sulfone groups is 1. The molecule has 1 aromatic carbocycles. The van der Waals surface area contributed by atoms with Crippen LogP contribution in [0.5, 0.6) is 0 Å². The fraction of sp³-hybridized carbons (Fsp3) is 0.520. The fourth-order valence-electron chi connectivity index (χ4n) is 5.84. The molecule has 2 saturated carbocycles. The van der Waals surface area contributed by atoms with Crippen molar-refractivity contribution in [3.05, 3.63) is 36.2 Å². The average molecular weight is 585 g/mol. The van der Waals surface area contributed by atoms with Gasteiger partial charge in [-0.15, -0.1) is 0 Å². The minimum atomic E-state index is -5.06. The fourth-order valence-corrected chi connectivity index (χ4v) is 7.86. The summed E-state index contributed by atoms with van der Waals surface area (Å²) in [6.07, 6.45) is -4.85. The summed E-state index contributed by atoms with van der Waals surface area (Å²) >= 11 is 0. The first-order chi connectivity index (χ1) is 18.7. The highest BCUT2D eigenvalue weighted by molar-refractivity contribution is 7.92. The van der Waals surface area contributed by atoms with Crippen LogP contribution < -0.4 is 5.73 Å². The molecule has 1 heterocycles. The molecule has 2 fully saturated rings. The number of carboxylic acid groups (broad SMARTS) is 1. The molecule has 2 aliphatic carbocycles. The average Bonchev–Trinajstić information content (AvgIpc) is 3.26. The lowest BCUT2D eigenvalue weighted by molar-refractivity contribution is -0.159. The van der Waals surface area contributed by atoms with E-state index < -0.39 is 79.3 Å². The van der Waals surface area contributed by atoms with E-state index in [1.165, 1.54) is 30.3 Å². The third-order valence-corrected chi connectivity index (χ3v) is 10.2. The van der Waals surface area contributed by atoms with Crippen LogP contribution in [0.2, 0.25) is 0 Å². The Balaban J connectivity index is 1.75. The molecule has 4 rings (SSSR count). The first-order valence-corrected chi connectivity index (χ1v) is 13.7. The maximum absolute atomic E-state index is 14.2. The molecule has 0 spiro atoms. The number of carbonyl (C=O) groups excluding carboxylic acids is 1. The third-order valence-electron chi connectivity index (χ3n) is 8.04. The number of ether oxygens (including phenoxy) is 2. The number of methoxy groups -OCH3 is 2.